The number of nitrogens with zero attached hydrogens (tertiary/aromatic N) is 2. The molecule has 3 saturated carbocycles. The molecule has 10 heteroatoms. The van der Waals surface area contributed by atoms with E-state index < -0.39 is 27.7 Å². The Morgan fingerprint density at radius 1 is 1.05 bits per heavy atom. The quantitative estimate of drug-likeness (QED) is 0.379. The van der Waals surface area contributed by atoms with Crippen LogP contribution in [0.5, 0.6) is 0 Å². The first-order valence-corrected chi connectivity index (χ1v) is 16.2. The number of alkyl halides is 1. The molecule has 0 radical (unpaired) electrons. The summed E-state index contributed by atoms with van der Waals surface area (Å²) in [7, 11) is -3.44. The normalized spacial score (nSPS) is 28.3. The van der Waals surface area contributed by atoms with Gasteiger partial charge in [0.2, 0.25) is 10.0 Å². The zero-order valence-corrected chi connectivity index (χ0v) is 24.0. The van der Waals surface area contributed by atoms with Crippen molar-refractivity contribution in [3.8, 4) is 0 Å². The van der Waals surface area contributed by atoms with Crippen molar-refractivity contribution in [3.05, 3.63) is 58.7 Å². The lowest BCUT2D eigenvalue weighted by Gasteiger charge is -2.64. The molecule has 2 bridgehead atoms. The first-order chi connectivity index (χ1) is 19.1. The molecule has 2 unspecified atom stereocenters. The number of likely N-dealkylation sites (tertiary alicyclic amines) is 1. The molecule has 2 atom stereocenters. The van der Waals surface area contributed by atoms with Crippen LogP contribution in [0.4, 0.5) is 24.5 Å². The maximum Gasteiger partial charge on any atom is 0.232 e. The molecule has 7 rings (SSSR count). The van der Waals surface area contributed by atoms with Crippen LogP contribution in [0.1, 0.15) is 62.3 Å². The summed E-state index contributed by atoms with van der Waals surface area (Å²) in [5.74, 6) is -0.398. The van der Waals surface area contributed by atoms with E-state index in [4.69, 9.17) is 0 Å². The summed E-state index contributed by atoms with van der Waals surface area (Å²) in [5, 5.41) is 3.24. The number of sulfonamides is 1. The summed E-state index contributed by atoms with van der Waals surface area (Å²) in [5.41, 5.74) is 2.91. The summed E-state index contributed by atoms with van der Waals surface area (Å²) >= 11 is 0. The highest BCUT2D eigenvalue weighted by Gasteiger charge is 2.58. The van der Waals surface area contributed by atoms with Gasteiger partial charge in [0.25, 0.3) is 0 Å². The Morgan fingerprint density at radius 3 is 2.35 bits per heavy atom. The number of anilines is 2. The van der Waals surface area contributed by atoms with Crippen LogP contribution in [0.3, 0.4) is 0 Å². The fourth-order valence-electron chi connectivity index (χ4n) is 7.33. The van der Waals surface area contributed by atoms with Crippen molar-refractivity contribution in [2.75, 3.05) is 48.6 Å². The molecular weight excluding hydrogens is 537 g/mol. The predicted molar refractivity (Wildman–Crippen MR) is 152 cm³/mol. The van der Waals surface area contributed by atoms with E-state index in [2.05, 4.69) is 26.8 Å². The van der Waals surface area contributed by atoms with Crippen LogP contribution in [0.2, 0.25) is 0 Å². The molecule has 0 spiro atoms. The molecule has 0 aromatic heterocycles. The predicted octanol–water partition coefficient (Wildman–Crippen LogP) is 5.32. The maximum absolute atomic E-state index is 15.9. The second kappa shape index (κ2) is 10.5. The van der Waals surface area contributed by atoms with Gasteiger partial charge in [-0.2, -0.15) is 0 Å². The van der Waals surface area contributed by atoms with E-state index >= 15 is 8.78 Å². The fraction of sp³-hybridized carbons (Fsp3) is 0.600. The molecule has 2 aromatic rings. The Hall–Kier alpha value is -2.30. The molecule has 2 heterocycles. The third kappa shape index (κ3) is 5.23. The smallest absolute Gasteiger partial charge is 0.232 e. The number of benzene rings is 2. The average Bonchev–Trinajstić information content (AvgIpc) is 2.82. The summed E-state index contributed by atoms with van der Waals surface area (Å²) in [6.45, 7) is 6.27. The van der Waals surface area contributed by atoms with Crippen molar-refractivity contribution in [2.24, 2.45) is 11.3 Å². The molecule has 2 aliphatic heterocycles. The Kier molecular flexibility index (Phi) is 7.32. The molecule has 6 nitrogen and oxygen atoms in total. The molecule has 5 aliphatic rings. The zero-order chi connectivity index (χ0) is 28.2. The number of nitrogens with one attached hydrogen (secondary N) is 2. The van der Waals surface area contributed by atoms with Crippen LogP contribution >= 0.6 is 0 Å². The van der Waals surface area contributed by atoms with E-state index in [1.807, 2.05) is 12.1 Å². The first kappa shape index (κ1) is 27.8. The van der Waals surface area contributed by atoms with Gasteiger partial charge in [0.05, 0.1) is 24.5 Å². The van der Waals surface area contributed by atoms with Gasteiger partial charge in [0.15, 0.2) is 0 Å². The van der Waals surface area contributed by atoms with Gasteiger partial charge in [-0.3, -0.25) is 18.9 Å². The minimum atomic E-state index is -3.44. The molecule has 0 amide bonds. The van der Waals surface area contributed by atoms with Gasteiger partial charge < -0.3 is 5.32 Å². The third-order valence-electron chi connectivity index (χ3n) is 9.48. The molecule has 2 N–H and O–H groups in total. The van der Waals surface area contributed by atoms with E-state index in [1.54, 1.807) is 13.0 Å². The fourth-order valence-corrected chi connectivity index (χ4v) is 7.96. The minimum absolute atomic E-state index is 0.0337. The van der Waals surface area contributed by atoms with Crippen LogP contribution in [0.25, 0.3) is 0 Å². The summed E-state index contributed by atoms with van der Waals surface area (Å²) in [4.78, 5) is 4.40. The van der Waals surface area contributed by atoms with Gasteiger partial charge in [-0.25, -0.2) is 17.2 Å². The molecule has 40 heavy (non-hydrogen) atoms. The van der Waals surface area contributed by atoms with Crippen LogP contribution in [0.15, 0.2) is 30.3 Å². The Balaban J connectivity index is 1.30. The van der Waals surface area contributed by atoms with Gasteiger partial charge in [-0.15, -0.1) is 0 Å². The van der Waals surface area contributed by atoms with Gasteiger partial charge in [0, 0.05) is 49.2 Å². The van der Waals surface area contributed by atoms with E-state index in [-0.39, 0.29) is 35.5 Å². The van der Waals surface area contributed by atoms with Crippen LogP contribution in [-0.2, 0) is 16.4 Å². The maximum atomic E-state index is 15.9. The standard InChI is InChI=1S/C30H39F3N4O2S/c1-3-40(38,39)35-22-5-6-25-21(10-22)9-19(2)37(18-30-13-20(14-30)15-30)29(25)28-26(32)11-23(12-27(28)33)34-24-16-36(17-24)8-4-7-31/h5-6,10-12,19-20,24,29,34-35H,3-4,7-9,13-18H2,1-2H3. The number of rotatable bonds is 11. The van der Waals surface area contributed by atoms with Crippen molar-refractivity contribution in [3.63, 3.8) is 0 Å². The summed E-state index contributed by atoms with van der Waals surface area (Å²) in [6, 6.07) is 7.65. The van der Waals surface area contributed by atoms with Crippen molar-refractivity contribution in [1.29, 1.82) is 0 Å². The molecule has 2 aromatic carbocycles. The highest BCUT2D eigenvalue weighted by Crippen LogP contribution is 2.65. The third-order valence-corrected chi connectivity index (χ3v) is 10.8. The van der Waals surface area contributed by atoms with E-state index in [0.29, 0.717) is 30.8 Å². The Labute approximate surface area is 235 Å². The summed E-state index contributed by atoms with van der Waals surface area (Å²) < 4.78 is 71.3. The SMILES string of the molecule is CCS(=O)(=O)Nc1ccc2c(c1)CC(C)N(CC13CC(C1)C3)C2c1c(F)cc(NC2CN(CCCF)C2)cc1F. The van der Waals surface area contributed by atoms with Crippen LogP contribution in [0, 0.1) is 23.0 Å². The molecule has 4 fully saturated rings. The number of hydrogen-bond donors (Lipinski definition) is 2. The topological polar surface area (TPSA) is 64.7 Å². The van der Waals surface area contributed by atoms with Crippen molar-refractivity contribution < 1.29 is 21.6 Å². The zero-order valence-electron chi connectivity index (χ0n) is 23.2. The highest BCUT2D eigenvalue weighted by molar-refractivity contribution is 7.92. The van der Waals surface area contributed by atoms with E-state index in [0.717, 1.165) is 36.7 Å². The number of halogens is 3. The van der Waals surface area contributed by atoms with Crippen LogP contribution < -0.4 is 10.0 Å². The Bertz CT molecular complexity index is 1340. The van der Waals surface area contributed by atoms with Gasteiger partial charge in [-0.05, 0) is 92.7 Å². The van der Waals surface area contributed by atoms with E-state index in [1.165, 1.54) is 31.4 Å². The van der Waals surface area contributed by atoms with Crippen molar-refractivity contribution >= 4 is 21.4 Å². The number of hydrogen-bond acceptors (Lipinski definition) is 5. The monoisotopic (exact) mass is 576 g/mol. The average molecular weight is 577 g/mol. The van der Waals surface area contributed by atoms with Crippen molar-refractivity contribution in [2.45, 2.75) is 64.1 Å². The van der Waals surface area contributed by atoms with Gasteiger partial charge in [0.1, 0.15) is 11.6 Å². The molecule has 218 valence electrons. The summed E-state index contributed by atoms with van der Waals surface area (Å²) in [6.07, 6.45) is 4.73. The first-order valence-electron chi connectivity index (χ1n) is 14.5. The second-order valence-electron chi connectivity index (χ2n) is 12.5. The van der Waals surface area contributed by atoms with Crippen LogP contribution in [-0.4, -0.2) is 68.9 Å². The largest absolute Gasteiger partial charge is 0.380 e. The molecule has 1 saturated heterocycles. The lowest BCUT2D eigenvalue weighted by atomic mass is 9.44. The van der Waals surface area contributed by atoms with Crippen molar-refractivity contribution in [1.82, 2.24) is 9.80 Å². The molecular formula is C30H39F3N4O2S. The van der Waals surface area contributed by atoms with Gasteiger partial charge in [-0.1, -0.05) is 6.07 Å². The highest BCUT2D eigenvalue weighted by atomic mass is 32.2. The number of fused-ring (bicyclic) bond motifs is 1. The van der Waals surface area contributed by atoms with E-state index in [9.17, 15) is 12.8 Å². The lowest BCUT2D eigenvalue weighted by molar-refractivity contribution is -0.135. The molecule has 3 aliphatic carbocycles. The van der Waals surface area contributed by atoms with Gasteiger partial charge >= 0.3 is 0 Å². The lowest BCUT2D eigenvalue weighted by Crippen LogP contribution is -2.60. The second-order valence-corrected chi connectivity index (χ2v) is 14.5. The Morgan fingerprint density at radius 2 is 1.75 bits per heavy atom. The minimum Gasteiger partial charge on any atom is -0.380 e.